The minimum absolute atomic E-state index is 0.0168. The van der Waals surface area contributed by atoms with Crippen LogP contribution in [0.3, 0.4) is 0 Å². The number of aliphatic hydroxyl groups is 1. The van der Waals surface area contributed by atoms with E-state index in [-0.39, 0.29) is 22.7 Å². The number of anilines is 1. The number of rotatable bonds is 5. The molecule has 0 spiro atoms. The van der Waals surface area contributed by atoms with Gasteiger partial charge in [-0.3, -0.25) is 0 Å². The van der Waals surface area contributed by atoms with Gasteiger partial charge < -0.3 is 14.7 Å². The Labute approximate surface area is 109 Å². The van der Waals surface area contributed by atoms with E-state index in [2.05, 4.69) is 9.72 Å². The Morgan fingerprint density at radius 3 is 2.76 bits per heavy atom. The van der Waals surface area contributed by atoms with Gasteiger partial charge in [0.2, 0.25) is 0 Å². The van der Waals surface area contributed by atoms with Crippen LogP contribution in [0.1, 0.15) is 23.5 Å². The highest BCUT2D eigenvalue weighted by molar-refractivity contribution is 7.18. The fourth-order valence-corrected chi connectivity index (χ4v) is 2.67. The lowest BCUT2D eigenvalue weighted by molar-refractivity contribution is 0.0606. The molecule has 1 aromatic heterocycles. The SMILES string of the molecule is COC(=O)c1sc(N(CCO)C(C)C)nc1Cl. The minimum atomic E-state index is -0.494. The maximum Gasteiger partial charge on any atom is 0.351 e. The molecule has 1 rings (SSSR count). The van der Waals surface area contributed by atoms with Crippen LogP contribution in [0.2, 0.25) is 5.15 Å². The Kier molecular flexibility index (Phi) is 5.17. The van der Waals surface area contributed by atoms with Crippen molar-refractivity contribution in [3.63, 3.8) is 0 Å². The molecule has 17 heavy (non-hydrogen) atoms. The van der Waals surface area contributed by atoms with Crippen molar-refractivity contribution in [3.8, 4) is 0 Å². The van der Waals surface area contributed by atoms with E-state index in [0.29, 0.717) is 11.7 Å². The van der Waals surface area contributed by atoms with Crippen molar-refractivity contribution in [2.75, 3.05) is 25.2 Å². The summed E-state index contributed by atoms with van der Waals surface area (Å²) in [5, 5.41) is 9.74. The summed E-state index contributed by atoms with van der Waals surface area (Å²) >= 11 is 7.04. The lowest BCUT2D eigenvalue weighted by Gasteiger charge is -2.24. The fraction of sp³-hybridized carbons (Fsp3) is 0.600. The van der Waals surface area contributed by atoms with Crippen molar-refractivity contribution < 1.29 is 14.6 Å². The van der Waals surface area contributed by atoms with Gasteiger partial charge in [0.25, 0.3) is 0 Å². The number of aliphatic hydroxyl groups excluding tert-OH is 1. The normalized spacial score (nSPS) is 10.7. The number of esters is 1. The van der Waals surface area contributed by atoms with Gasteiger partial charge in [0.05, 0.1) is 13.7 Å². The van der Waals surface area contributed by atoms with E-state index in [1.807, 2.05) is 18.7 Å². The van der Waals surface area contributed by atoms with Gasteiger partial charge in [0.15, 0.2) is 15.2 Å². The second kappa shape index (κ2) is 6.18. The first-order valence-corrected chi connectivity index (χ1v) is 6.32. The largest absolute Gasteiger partial charge is 0.465 e. The van der Waals surface area contributed by atoms with E-state index in [1.54, 1.807) is 0 Å². The van der Waals surface area contributed by atoms with Crippen LogP contribution in [0.4, 0.5) is 5.13 Å². The van der Waals surface area contributed by atoms with Crippen LogP contribution in [-0.4, -0.2) is 42.4 Å². The number of thiazole rings is 1. The Bertz CT molecular complexity index is 395. The summed E-state index contributed by atoms with van der Waals surface area (Å²) in [4.78, 5) is 17.7. The van der Waals surface area contributed by atoms with Gasteiger partial charge in [-0.15, -0.1) is 0 Å². The van der Waals surface area contributed by atoms with Crippen molar-refractivity contribution >= 4 is 34.0 Å². The van der Waals surface area contributed by atoms with Gasteiger partial charge in [0, 0.05) is 12.6 Å². The van der Waals surface area contributed by atoms with Crippen molar-refractivity contribution in [2.24, 2.45) is 0 Å². The molecule has 1 aromatic rings. The number of methoxy groups -OCH3 is 1. The van der Waals surface area contributed by atoms with Crippen molar-refractivity contribution in [1.29, 1.82) is 0 Å². The van der Waals surface area contributed by atoms with Gasteiger partial charge in [-0.25, -0.2) is 9.78 Å². The highest BCUT2D eigenvalue weighted by atomic mass is 35.5. The second-order valence-corrected chi connectivity index (χ2v) is 4.95. The lowest BCUT2D eigenvalue weighted by atomic mass is 10.3. The summed E-state index contributed by atoms with van der Waals surface area (Å²) in [6.07, 6.45) is 0. The average molecular weight is 279 g/mol. The lowest BCUT2D eigenvalue weighted by Crippen LogP contribution is -2.33. The second-order valence-electron chi connectivity index (χ2n) is 3.62. The van der Waals surface area contributed by atoms with E-state index < -0.39 is 5.97 Å². The van der Waals surface area contributed by atoms with E-state index >= 15 is 0 Å². The third kappa shape index (κ3) is 3.31. The molecule has 7 heteroatoms. The Morgan fingerprint density at radius 1 is 1.65 bits per heavy atom. The average Bonchev–Trinajstić information content (AvgIpc) is 2.66. The van der Waals surface area contributed by atoms with Crippen molar-refractivity contribution in [3.05, 3.63) is 10.0 Å². The summed E-state index contributed by atoms with van der Waals surface area (Å²) in [5.41, 5.74) is 0. The molecule has 0 atom stereocenters. The van der Waals surface area contributed by atoms with Gasteiger partial charge >= 0.3 is 5.97 Å². The maximum absolute atomic E-state index is 11.4. The molecule has 0 bridgehead atoms. The van der Waals surface area contributed by atoms with Gasteiger partial charge in [-0.2, -0.15) is 0 Å². The molecule has 0 radical (unpaired) electrons. The number of halogens is 1. The molecule has 0 amide bonds. The molecule has 1 heterocycles. The quantitative estimate of drug-likeness (QED) is 0.832. The number of hydrogen-bond donors (Lipinski definition) is 1. The molecule has 0 aliphatic carbocycles. The van der Waals surface area contributed by atoms with Crippen LogP contribution in [0.15, 0.2) is 0 Å². The monoisotopic (exact) mass is 278 g/mol. The molecule has 0 aliphatic rings. The molecule has 96 valence electrons. The number of carbonyl (C=O) groups excluding carboxylic acids is 1. The first-order chi connectivity index (χ1) is 8.01. The number of nitrogens with zero attached hydrogens (tertiary/aromatic N) is 2. The van der Waals surface area contributed by atoms with E-state index in [4.69, 9.17) is 16.7 Å². The predicted octanol–water partition coefficient (Wildman–Crippen LogP) is 1.79. The Hall–Kier alpha value is -0.850. The number of carbonyl (C=O) groups is 1. The zero-order valence-corrected chi connectivity index (χ0v) is 11.5. The van der Waals surface area contributed by atoms with Crippen molar-refractivity contribution in [2.45, 2.75) is 19.9 Å². The van der Waals surface area contributed by atoms with Gasteiger partial charge in [-0.1, -0.05) is 22.9 Å². The van der Waals surface area contributed by atoms with Crippen molar-refractivity contribution in [1.82, 2.24) is 4.98 Å². The summed E-state index contributed by atoms with van der Waals surface area (Å²) in [5.74, 6) is -0.494. The molecule has 1 N–H and O–H groups in total. The first-order valence-electron chi connectivity index (χ1n) is 5.13. The fourth-order valence-electron chi connectivity index (χ4n) is 1.31. The third-order valence-electron chi connectivity index (χ3n) is 2.16. The van der Waals surface area contributed by atoms with E-state index in [1.165, 1.54) is 18.4 Å². The first kappa shape index (κ1) is 14.2. The third-order valence-corrected chi connectivity index (χ3v) is 3.61. The van der Waals surface area contributed by atoms with Crippen LogP contribution in [0, 0.1) is 0 Å². The topological polar surface area (TPSA) is 62.7 Å². The zero-order valence-electron chi connectivity index (χ0n) is 9.94. The zero-order chi connectivity index (χ0) is 13.0. The molecule has 0 aliphatic heterocycles. The van der Waals surface area contributed by atoms with E-state index in [9.17, 15) is 4.79 Å². The smallest absolute Gasteiger partial charge is 0.351 e. The predicted molar refractivity (Wildman–Crippen MR) is 68.0 cm³/mol. The molecule has 5 nitrogen and oxygen atoms in total. The van der Waals surface area contributed by atoms with E-state index in [0.717, 1.165) is 0 Å². The maximum atomic E-state index is 11.4. The molecular weight excluding hydrogens is 264 g/mol. The highest BCUT2D eigenvalue weighted by Gasteiger charge is 2.21. The number of aromatic nitrogens is 1. The molecule has 0 unspecified atom stereocenters. The van der Waals surface area contributed by atoms with Gasteiger partial charge in [0.1, 0.15) is 0 Å². The highest BCUT2D eigenvalue weighted by Crippen LogP contribution is 2.31. The molecule has 0 saturated carbocycles. The number of hydrogen-bond acceptors (Lipinski definition) is 6. The molecule has 0 saturated heterocycles. The summed E-state index contributed by atoms with van der Waals surface area (Å²) < 4.78 is 4.61. The summed E-state index contributed by atoms with van der Waals surface area (Å²) in [6, 6.07) is 0.162. The van der Waals surface area contributed by atoms with Crippen LogP contribution in [0.25, 0.3) is 0 Å². The van der Waals surface area contributed by atoms with Crippen LogP contribution >= 0.6 is 22.9 Å². The van der Waals surface area contributed by atoms with Crippen LogP contribution in [0.5, 0.6) is 0 Å². The summed E-state index contributed by atoms with van der Waals surface area (Å²) in [7, 11) is 1.30. The Balaban J connectivity index is 3.01. The van der Waals surface area contributed by atoms with Gasteiger partial charge in [-0.05, 0) is 13.8 Å². The summed E-state index contributed by atoms with van der Waals surface area (Å²) in [6.45, 7) is 4.41. The van der Waals surface area contributed by atoms with Crippen LogP contribution < -0.4 is 4.90 Å². The minimum Gasteiger partial charge on any atom is -0.465 e. The molecule has 0 aromatic carbocycles. The Morgan fingerprint density at radius 2 is 2.29 bits per heavy atom. The van der Waals surface area contributed by atoms with Crippen LogP contribution in [-0.2, 0) is 4.74 Å². The standard InChI is InChI=1S/C10H15ClN2O3S/c1-6(2)13(4-5-14)10-12-8(11)7(17-10)9(15)16-3/h6,14H,4-5H2,1-3H3. The number of ether oxygens (including phenoxy) is 1. The molecular formula is C10H15ClN2O3S. The molecule has 0 fully saturated rings.